The van der Waals surface area contributed by atoms with Crippen LogP contribution in [0.4, 0.5) is 0 Å². The maximum atomic E-state index is 14.3. The number of ether oxygens (including phenoxy) is 1. The topological polar surface area (TPSA) is 144 Å². The van der Waals surface area contributed by atoms with Crippen LogP contribution in [0.2, 0.25) is 0 Å². The van der Waals surface area contributed by atoms with Crippen molar-refractivity contribution in [2.75, 3.05) is 25.4 Å². The number of H-pyrrole nitrogens is 1. The summed E-state index contributed by atoms with van der Waals surface area (Å²) in [5, 5.41) is 0.895. The molecule has 0 aliphatic carbocycles. The van der Waals surface area contributed by atoms with Gasteiger partial charge in [-0.2, -0.15) is 0 Å². The maximum absolute atomic E-state index is 14.3. The third kappa shape index (κ3) is 6.35. The van der Waals surface area contributed by atoms with Gasteiger partial charge in [0.25, 0.3) is 5.91 Å². The number of amides is 2. The highest BCUT2D eigenvalue weighted by molar-refractivity contribution is 7.92. The molecule has 0 bridgehead atoms. The van der Waals surface area contributed by atoms with Gasteiger partial charge in [0.2, 0.25) is 5.91 Å². The first-order valence-corrected chi connectivity index (χ1v) is 18.0. The van der Waals surface area contributed by atoms with E-state index in [4.69, 9.17) is 14.0 Å². The Bertz CT molecular complexity index is 1950. The van der Waals surface area contributed by atoms with E-state index in [1.165, 1.54) is 17.7 Å². The summed E-state index contributed by atoms with van der Waals surface area (Å²) >= 11 is 1.33. The van der Waals surface area contributed by atoms with Crippen LogP contribution in [0.15, 0.2) is 83.7 Å². The Hall–Kier alpha value is -4.30. The number of aromatic amines is 1. The summed E-state index contributed by atoms with van der Waals surface area (Å²) in [6, 6.07) is 20.7. The monoisotopic (exact) mass is 674 g/mol. The van der Waals surface area contributed by atoms with E-state index in [1.54, 1.807) is 23.2 Å². The van der Waals surface area contributed by atoms with Crippen molar-refractivity contribution in [2.45, 2.75) is 43.1 Å². The van der Waals surface area contributed by atoms with Crippen LogP contribution in [0.5, 0.6) is 0 Å². The molecule has 2 amide bonds. The van der Waals surface area contributed by atoms with Crippen molar-refractivity contribution in [3.63, 3.8) is 0 Å². The number of aromatic nitrogens is 2. The second-order valence-corrected chi connectivity index (χ2v) is 15.4. The Balaban J connectivity index is 1.18. The molecule has 5 aromatic rings. The molecule has 2 saturated heterocycles. The van der Waals surface area contributed by atoms with Crippen LogP contribution in [0.3, 0.4) is 0 Å². The number of hydrogen-bond donors (Lipinski definition) is 2. The fourth-order valence-electron chi connectivity index (χ4n) is 6.26. The summed E-state index contributed by atoms with van der Waals surface area (Å²) in [7, 11) is -3.95. The molecule has 0 spiro atoms. The average Bonchev–Trinajstić information content (AvgIpc) is 3.87. The first-order valence-electron chi connectivity index (χ1n) is 15.6. The molecule has 244 valence electrons. The van der Waals surface area contributed by atoms with Crippen molar-refractivity contribution in [1.82, 2.24) is 20.3 Å². The predicted octanol–water partition coefficient (Wildman–Crippen LogP) is 5.67. The van der Waals surface area contributed by atoms with Gasteiger partial charge in [0.1, 0.15) is 10.4 Å². The van der Waals surface area contributed by atoms with Crippen LogP contribution in [0.1, 0.15) is 47.5 Å². The van der Waals surface area contributed by atoms with Gasteiger partial charge in [-0.25, -0.2) is 23.7 Å². The molecule has 0 radical (unpaired) electrons. The number of fused-ring (bicyclic) bond motifs is 1. The largest absolute Gasteiger partial charge is 0.444 e. The van der Waals surface area contributed by atoms with Crippen LogP contribution >= 0.6 is 11.3 Å². The molecular weight excluding hydrogens is 641 g/mol. The van der Waals surface area contributed by atoms with Crippen molar-refractivity contribution in [3.8, 4) is 21.8 Å². The number of thiophene rings is 1. The first-order chi connectivity index (χ1) is 22.8. The lowest BCUT2D eigenvalue weighted by Gasteiger charge is -2.31. The maximum Gasteiger partial charge on any atom is 0.270 e. The molecule has 3 aromatic heterocycles. The molecule has 47 heavy (non-hydrogen) atoms. The zero-order chi connectivity index (χ0) is 32.4. The van der Waals surface area contributed by atoms with Crippen molar-refractivity contribution in [1.29, 1.82) is 0 Å². The number of para-hydroxylation sites is 1. The van der Waals surface area contributed by atoms with Crippen LogP contribution in [-0.4, -0.2) is 66.8 Å². The predicted molar refractivity (Wildman–Crippen MR) is 177 cm³/mol. The Kier molecular flexibility index (Phi) is 8.71. The molecule has 2 fully saturated rings. The third-order valence-electron chi connectivity index (χ3n) is 8.89. The van der Waals surface area contributed by atoms with Crippen molar-refractivity contribution in [2.24, 2.45) is 0 Å². The zero-order valence-corrected chi connectivity index (χ0v) is 27.1. The number of oxazole rings is 1. The molecule has 2 unspecified atom stereocenters. The number of benzene rings is 2. The highest BCUT2D eigenvalue weighted by Crippen LogP contribution is 2.45. The summed E-state index contributed by atoms with van der Waals surface area (Å²) in [6.45, 7) is 0.691. The van der Waals surface area contributed by atoms with Gasteiger partial charge in [0.15, 0.2) is 28.3 Å². The molecular formula is C34H34N4O7S2. The minimum Gasteiger partial charge on any atom is -0.444 e. The van der Waals surface area contributed by atoms with Crippen molar-refractivity contribution >= 4 is 43.9 Å². The van der Waals surface area contributed by atoms with Gasteiger partial charge in [0.05, 0.1) is 18.4 Å². The fourth-order valence-corrected chi connectivity index (χ4v) is 9.87. The summed E-state index contributed by atoms with van der Waals surface area (Å²) in [6.07, 6.45) is 4.59. The van der Waals surface area contributed by atoms with E-state index >= 15 is 0 Å². The molecule has 7 rings (SSSR count). The minimum atomic E-state index is -3.95. The summed E-state index contributed by atoms with van der Waals surface area (Å²) in [5.41, 5.74) is 5.43. The number of carbonyl (C=O) groups excluding carboxylic acids is 2. The van der Waals surface area contributed by atoms with E-state index in [2.05, 4.69) is 15.4 Å². The second-order valence-electron chi connectivity index (χ2n) is 11.8. The van der Waals surface area contributed by atoms with E-state index in [-0.39, 0.29) is 37.6 Å². The lowest BCUT2D eigenvalue weighted by molar-refractivity contribution is -0.200. The van der Waals surface area contributed by atoms with Crippen LogP contribution < -0.4 is 5.48 Å². The quantitative estimate of drug-likeness (QED) is 0.200. The molecule has 2 aromatic carbocycles. The lowest BCUT2D eigenvalue weighted by atomic mass is 9.97. The zero-order valence-electron chi connectivity index (χ0n) is 25.5. The van der Waals surface area contributed by atoms with E-state index in [1.807, 2.05) is 54.6 Å². The number of nitrogens with one attached hydrogen (secondary N) is 2. The SMILES string of the molecule is O=C(CC1(c2ccc(-c3ccc(-c4cnco4)cc3)s2)CCN(C(=O)c2cc3ccccc3[nH]2)CCS1(=O)=O)NOC1CCCCO1. The average molecular weight is 675 g/mol. The Labute approximate surface area is 275 Å². The molecule has 11 nitrogen and oxygen atoms in total. The summed E-state index contributed by atoms with van der Waals surface area (Å²) in [4.78, 5) is 42.7. The van der Waals surface area contributed by atoms with E-state index < -0.39 is 26.8 Å². The van der Waals surface area contributed by atoms with E-state index in [9.17, 15) is 18.0 Å². The summed E-state index contributed by atoms with van der Waals surface area (Å²) in [5.74, 6) is -0.499. The van der Waals surface area contributed by atoms with Gasteiger partial charge >= 0.3 is 0 Å². The van der Waals surface area contributed by atoms with Gasteiger partial charge in [-0.15, -0.1) is 11.3 Å². The number of sulfone groups is 1. The molecule has 2 atom stereocenters. The minimum absolute atomic E-state index is 0.00759. The van der Waals surface area contributed by atoms with Crippen LogP contribution in [0, 0.1) is 0 Å². The number of nitrogens with zero attached hydrogens (tertiary/aromatic N) is 2. The first kappa shape index (κ1) is 31.3. The molecule has 2 aliphatic rings. The Morgan fingerprint density at radius 1 is 1.06 bits per heavy atom. The number of hydroxylamine groups is 1. The molecule has 2 N–H and O–H groups in total. The Morgan fingerprint density at radius 3 is 2.66 bits per heavy atom. The number of carbonyl (C=O) groups is 2. The number of hydrogen-bond acceptors (Lipinski definition) is 9. The van der Waals surface area contributed by atoms with E-state index in [0.29, 0.717) is 29.4 Å². The van der Waals surface area contributed by atoms with Gasteiger partial charge < -0.3 is 19.0 Å². The van der Waals surface area contributed by atoms with Crippen molar-refractivity contribution < 1.29 is 32.0 Å². The molecule has 0 saturated carbocycles. The van der Waals surface area contributed by atoms with E-state index in [0.717, 1.165) is 39.7 Å². The Morgan fingerprint density at radius 2 is 1.89 bits per heavy atom. The molecule has 2 aliphatic heterocycles. The van der Waals surface area contributed by atoms with Gasteiger partial charge in [-0.1, -0.05) is 42.5 Å². The van der Waals surface area contributed by atoms with Crippen molar-refractivity contribution in [3.05, 3.63) is 89.9 Å². The second kappa shape index (κ2) is 13.1. The third-order valence-corrected chi connectivity index (χ3v) is 12.8. The van der Waals surface area contributed by atoms with Gasteiger partial charge in [0, 0.05) is 52.3 Å². The molecule has 13 heteroatoms. The normalized spacial score (nSPS) is 21.4. The standard InChI is InChI=1S/C34H34N4O7S2/c39-31(37-45-32-7-3-4-17-43-32)20-34(30-13-12-29(46-30)24-10-8-23(9-11-24)28-21-35-22-44-28)14-15-38(16-18-47(34,41)42)33(40)27-19-25-5-1-2-6-26(25)36-27/h1-2,5-6,8-13,19,21-22,32,36H,3-4,7,14-18,20H2,(H,37,39). The summed E-state index contributed by atoms with van der Waals surface area (Å²) < 4.78 is 38.1. The van der Waals surface area contributed by atoms with Gasteiger partial charge in [-0.3, -0.25) is 9.59 Å². The lowest BCUT2D eigenvalue weighted by Crippen LogP contribution is -2.43. The smallest absolute Gasteiger partial charge is 0.270 e. The highest BCUT2D eigenvalue weighted by Gasteiger charge is 2.50. The fraction of sp³-hybridized carbons (Fsp3) is 0.324. The highest BCUT2D eigenvalue weighted by atomic mass is 32.2. The molecule has 5 heterocycles. The number of rotatable bonds is 8. The van der Waals surface area contributed by atoms with Crippen LogP contribution in [0.25, 0.3) is 32.7 Å². The van der Waals surface area contributed by atoms with Crippen LogP contribution in [-0.2, 0) is 29.0 Å². The van der Waals surface area contributed by atoms with Gasteiger partial charge in [-0.05, 0) is 49.1 Å².